The Kier molecular flexibility index (Phi) is 9.30. The maximum atomic E-state index is 12.9. The Hall–Kier alpha value is -1.92. The van der Waals surface area contributed by atoms with E-state index in [1.807, 2.05) is 52.8 Å². The van der Waals surface area contributed by atoms with Gasteiger partial charge in [0, 0.05) is 31.7 Å². The summed E-state index contributed by atoms with van der Waals surface area (Å²) in [4.78, 5) is 30.8. The van der Waals surface area contributed by atoms with E-state index in [2.05, 4.69) is 12.1 Å². The van der Waals surface area contributed by atoms with Crippen LogP contribution in [0.4, 0.5) is 0 Å². The van der Waals surface area contributed by atoms with Gasteiger partial charge in [-0.15, -0.1) is 0 Å². The molecule has 0 radical (unpaired) electrons. The Balaban J connectivity index is 2.79. The molecule has 6 nitrogen and oxygen atoms in total. The van der Waals surface area contributed by atoms with Crippen molar-refractivity contribution in [3.05, 3.63) is 35.9 Å². The van der Waals surface area contributed by atoms with E-state index in [0.717, 1.165) is 12.8 Å². The molecule has 0 fully saturated rings. The number of aliphatic hydroxyl groups is 1. The zero-order valence-corrected chi connectivity index (χ0v) is 19.2. The van der Waals surface area contributed by atoms with Gasteiger partial charge in [-0.05, 0) is 46.1 Å². The van der Waals surface area contributed by atoms with Gasteiger partial charge < -0.3 is 14.9 Å². The third-order valence-electron chi connectivity index (χ3n) is 6.04. The van der Waals surface area contributed by atoms with Crippen molar-refractivity contribution in [3.8, 4) is 0 Å². The molecule has 0 aliphatic carbocycles. The highest BCUT2D eigenvalue weighted by atomic mass is 16.3. The smallest absolute Gasteiger partial charge is 0.236 e. The summed E-state index contributed by atoms with van der Waals surface area (Å²) in [5.41, 5.74) is 0.553. The summed E-state index contributed by atoms with van der Waals surface area (Å²) in [6, 6.07) is 10.1. The predicted octanol–water partition coefficient (Wildman–Crippen LogP) is 2.41. The molecule has 6 heteroatoms. The van der Waals surface area contributed by atoms with Crippen LogP contribution in [-0.2, 0) is 16.0 Å². The number of rotatable bonds is 11. The normalized spacial score (nSPS) is 12.2. The Bertz CT molecular complexity index is 659. The fraction of sp³-hybridized carbons (Fsp3) is 0.652. The van der Waals surface area contributed by atoms with E-state index in [0.29, 0.717) is 0 Å². The first kappa shape index (κ1) is 25.1. The van der Waals surface area contributed by atoms with E-state index in [1.54, 1.807) is 28.8 Å². The van der Waals surface area contributed by atoms with Crippen molar-refractivity contribution in [2.45, 2.75) is 58.5 Å². The minimum Gasteiger partial charge on any atom is -0.395 e. The fourth-order valence-corrected chi connectivity index (χ4v) is 3.08. The molecule has 164 valence electrons. The highest BCUT2D eigenvalue weighted by molar-refractivity contribution is 5.81. The van der Waals surface area contributed by atoms with E-state index >= 15 is 0 Å². The van der Waals surface area contributed by atoms with Crippen molar-refractivity contribution in [1.82, 2.24) is 14.7 Å². The Morgan fingerprint density at radius 2 is 1.38 bits per heavy atom. The SMILES string of the molecule is CCC(C)(C)N(C)C(=O)CN(CCO)CC(=O)N(C)C(C)(C)Cc1ccccc1. The second-order valence-corrected chi connectivity index (χ2v) is 8.98. The number of benzene rings is 1. The molecule has 1 aromatic carbocycles. The molecule has 0 unspecified atom stereocenters. The van der Waals surface area contributed by atoms with Crippen LogP contribution in [0, 0.1) is 0 Å². The lowest BCUT2D eigenvalue weighted by Crippen LogP contribution is -2.53. The second-order valence-electron chi connectivity index (χ2n) is 8.98. The molecule has 0 saturated carbocycles. The number of amides is 2. The van der Waals surface area contributed by atoms with Crippen LogP contribution >= 0.6 is 0 Å². The highest BCUT2D eigenvalue weighted by Crippen LogP contribution is 2.20. The number of hydrogen-bond donors (Lipinski definition) is 1. The lowest BCUT2D eigenvalue weighted by molar-refractivity contribution is -0.139. The van der Waals surface area contributed by atoms with Crippen LogP contribution in [-0.4, -0.2) is 83.0 Å². The van der Waals surface area contributed by atoms with Crippen molar-refractivity contribution < 1.29 is 14.7 Å². The molecule has 1 rings (SSSR count). The van der Waals surface area contributed by atoms with E-state index in [4.69, 9.17) is 0 Å². The van der Waals surface area contributed by atoms with Crippen LogP contribution in [0.5, 0.6) is 0 Å². The van der Waals surface area contributed by atoms with Gasteiger partial charge >= 0.3 is 0 Å². The Labute approximate surface area is 176 Å². The molecule has 2 amide bonds. The first-order chi connectivity index (χ1) is 13.4. The monoisotopic (exact) mass is 405 g/mol. The number of aliphatic hydroxyl groups excluding tert-OH is 1. The lowest BCUT2D eigenvalue weighted by atomic mass is 9.93. The van der Waals surface area contributed by atoms with Crippen molar-refractivity contribution in [1.29, 1.82) is 0 Å². The van der Waals surface area contributed by atoms with Crippen molar-refractivity contribution >= 4 is 11.8 Å². The first-order valence-electron chi connectivity index (χ1n) is 10.3. The summed E-state index contributed by atoms with van der Waals surface area (Å²) in [6.45, 7) is 10.6. The van der Waals surface area contributed by atoms with Gasteiger partial charge in [0.25, 0.3) is 0 Å². The van der Waals surface area contributed by atoms with Gasteiger partial charge in [-0.25, -0.2) is 0 Å². The first-order valence-corrected chi connectivity index (χ1v) is 10.3. The molecule has 0 bridgehead atoms. The second kappa shape index (κ2) is 10.7. The Morgan fingerprint density at radius 1 is 0.897 bits per heavy atom. The van der Waals surface area contributed by atoms with Crippen LogP contribution in [0.1, 0.15) is 46.6 Å². The van der Waals surface area contributed by atoms with Gasteiger partial charge in [0.05, 0.1) is 19.7 Å². The number of carbonyl (C=O) groups excluding carboxylic acids is 2. The molecule has 0 aromatic heterocycles. The van der Waals surface area contributed by atoms with Crippen LogP contribution < -0.4 is 0 Å². The van der Waals surface area contributed by atoms with E-state index in [9.17, 15) is 14.7 Å². The van der Waals surface area contributed by atoms with Gasteiger partial charge in [0.2, 0.25) is 11.8 Å². The van der Waals surface area contributed by atoms with Crippen LogP contribution in [0.15, 0.2) is 30.3 Å². The molecular formula is C23H39N3O3. The van der Waals surface area contributed by atoms with Crippen LogP contribution in [0.3, 0.4) is 0 Å². The standard InChI is InChI=1S/C23H39N3O3/c1-8-22(2,3)24(6)20(28)17-26(14-15-27)18-21(29)25(7)23(4,5)16-19-12-10-9-11-13-19/h9-13,27H,8,14-18H2,1-7H3. The molecule has 1 N–H and O–H groups in total. The molecule has 1 aromatic rings. The minimum atomic E-state index is -0.367. The van der Waals surface area contributed by atoms with Gasteiger partial charge in [-0.2, -0.15) is 0 Å². The molecule has 0 aliphatic heterocycles. The molecule has 0 aliphatic rings. The summed E-state index contributed by atoms with van der Waals surface area (Å²) in [5.74, 6) is -0.117. The quantitative estimate of drug-likeness (QED) is 0.614. The van der Waals surface area contributed by atoms with Crippen LogP contribution in [0.2, 0.25) is 0 Å². The zero-order valence-electron chi connectivity index (χ0n) is 19.2. The number of likely N-dealkylation sites (N-methyl/N-ethyl adjacent to an activating group) is 2. The Morgan fingerprint density at radius 3 is 1.83 bits per heavy atom. The number of carbonyl (C=O) groups is 2. The van der Waals surface area contributed by atoms with Crippen molar-refractivity contribution in [2.75, 3.05) is 40.3 Å². The maximum absolute atomic E-state index is 12.9. The minimum absolute atomic E-state index is 0.0516. The lowest BCUT2D eigenvalue weighted by Gasteiger charge is -2.38. The third-order valence-corrected chi connectivity index (χ3v) is 6.04. The van der Waals surface area contributed by atoms with Crippen molar-refractivity contribution in [3.63, 3.8) is 0 Å². The topological polar surface area (TPSA) is 64.1 Å². The van der Waals surface area contributed by atoms with Gasteiger partial charge in [-0.3, -0.25) is 14.5 Å². The van der Waals surface area contributed by atoms with Gasteiger partial charge in [0.1, 0.15) is 0 Å². The maximum Gasteiger partial charge on any atom is 0.236 e. The van der Waals surface area contributed by atoms with E-state index < -0.39 is 0 Å². The fourth-order valence-electron chi connectivity index (χ4n) is 3.08. The predicted molar refractivity (Wildman–Crippen MR) is 118 cm³/mol. The number of hydrogen-bond acceptors (Lipinski definition) is 4. The molecular weight excluding hydrogens is 366 g/mol. The van der Waals surface area contributed by atoms with E-state index in [-0.39, 0.29) is 49.1 Å². The zero-order chi connectivity index (χ0) is 22.2. The van der Waals surface area contributed by atoms with E-state index in [1.165, 1.54) is 5.56 Å². The summed E-state index contributed by atoms with van der Waals surface area (Å²) in [7, 11) is 3.59. The molecule has 0 spiro atoms. The summed E-state index contributed by atoms with van der Waals surface area (Å²) >= 11 is 0. The summed E-state index contributed by atoms with van der Waals surface area (Å²) < 4.78 is 0. The summed E-state index contributed by atoms with van der Waals surface area (Å²) in [5, 5.41) is 9.41. The molecule has 0 heterocycles. The van der Waals surface area contributed by atoms with Gasteiger partial charge in [-0.1, -0.05) is 37.3 Å². The highest BCUT2D eigenvalue weighted by Gasteiger charge is 2.31. The average molecular weight is 406 g/mol. The third kappa shape index (κ3) is 7.44. The summed E-state index contributed by atoms with van der Waals surface area (Å²) in [6.07, 6.45) is 1.58. The molecule has 0 saturated heterocycles. The van der Waals surface area contributed by atoms with Gasteiger partial charge in [0.15, 0.2) is 0 Å². The number of nitrogens with zero attached hydrogens (tertiary/aromatic N) is 3. The average Bonchev–Trinajstić information content (AvgIpc) is 2.67. The molecule has 0 atom stereocenters. The van der Waals surface area contributed by atoms with Crippen LogP contribution in [0.25, 0.3) is 0 Å². The molecule has 29 heavy (non-hydrogen) atoms. The van der Waals surface area contributed by atoms with Crippen molar-refractivity contribution in [2.24, 2.45) is 0 Å². The largest absolute Gasteiger partial charge is 0.395 e.